The van der Waals surface area contributed by atoms with E-state index in [1.807, 2.05) is 6.07 Å². The van der Waals surface area contributed by atoms with Gasteiger partial charge in [0.25, 0.3) is 0 Å². The third-order valence-electron chi connectivity index (χ3n) is 2.47. The lowest BCUT2D eigenvalue weighted by atomic mass is 10.1. The van der Waals surface area contributed by atoms with Crippen molar-refractivity contribution in [3.8, 4) is 5.75 Å². The third kappa shape index (κ3) is 4.26. The van der Waals surface area contributed by atoms with Gasteiger partial charge in [0, 0.05) is 11.8 Å². The van der Waals surface area contributed by atoms with Crippen molar-refractivity contribution in [1.82, 2.24) is 4.98 Å². The van der Waals surface area contributed by atoms with E-state index in [-0.39, 0.29) is 6.42 Å². The second-order valence-electron chi connectivity index (χ2n) is 3.99. The summed E-state index contributed by atoms with van der Waals surface area (Å²) < 4.78 is 5.56. The van der Waals surface area contributed by atoms with Gasteiger partial charge in [0.1, 0.15) is 17.5 Å². The highest BCUT2D eigenvalue weighted by molar-refractivity contribution is 6.29. The summed E-state index contributed by atoms with van der Waals surface area (Å²) >= 11 is 5.69. The van der Waals surface area contributed by atoms with Crippen LogP contribution in [0.4, 0.5) is 0 Å². The number of hydrogen-bond acceptors (Lipinski definition) is 3. The molecule has 0 fully saturated rings. The van der Waals surface area contributed by atoms with Gasteiger partial charge in [0.2, 0.25) is 0 Å². The zero-order valence-corrected chi connectivity index (χ0v) is 10.8. The van der Waals surface area contributed by atoms with E-state index in [1.165, 1.54) is 0 Å². The molecule has 19 heavy (non-hydrogen) atoms. The van der Waals surface area contributed by atoms with Crippen LogP contribution in [0.15, 0.2) is 42.6 Å². The zero-order chi connectivity index (χ0) is 13.7. The molecule has 0 amide bonds. The molecule has 5 heteroatoms. The van der Waals surface area contributed by atoms with Crippen molar-refractivity contribution >= 4 is 17.6 Å². The maximum Gasteiger partial charge on any atom is 0.307 e. The predicted molar refractivity (Wildman–Crippen MR) is 71.4 cm³/mol. The molecule has 0 aliphatic rings. The molecule has 0 unspecified atom stereocenters. The van der Waals surface area contributed by atoms with Crippen LogP contribution in [-0.2, 0) is 17.8 Å². The van der Waals surface area contributed by atoms with Gasteiger partial charge >= 0.3 is 5.97 Å². The zero-order valence-electron chi connectivity index (χ0n) is 10.0. The molecule has 1 aromatic carbocycles. The molecule has 0 spiro atoms. The van der Waals surface area contributed by atoms with Gasteiger partial charge in [-0.25, -0.2) is 4.98 Å². The Hall–Kier alpha value is -2.07. The molecule has 98 valence electrons. The smallest absolute Gasteiger partial charge is 0.307 e. The van der Waals surface area contributed by atoms with Gasteiger partial charge < -0.3 is 9.84 Å². The van der Waals surface area contributed by atoms with Crippen LogP contribution < -0.4 is 4.74 Å². The monoisotopic (exact) mass is 277 g/mol. The summed E-state index contributed by atoms with van der Waals surface area (Å²) in [5.74, 6) is -0.162. The van der Waals surface area contributed by atoms with E-state index in [1.54, 1.807) is 36.5 Å². The molecule has 1 aromatic heterocycles. The number of carboxylic acid groups (broad SMARTS) is 1. The van der Waals surface area contributed by atoms with E-state index in [0.717, 1.165) is 11.1 Å². The Morgan fingerprint density at radius 2 is 1.84 bits per heavy atom. The summed E-state index contributed by atoms with van der Waals surface area (Å²) in [5, 5.41) is 9.11. The minimum Gasteiger partial charge on any atom is -0.489 e. The molecule has 0 saturated heterocycles. The Balaban J connectivity index is 1.92. The number of ether oxygens (including phenoxy) is 1. The van der Waals surface area contributed by atoms with Crippen LogP contribution in [0.5, 0.6) is 5.75 Å². The number of rotatable bonds is 5. The summed E-state index contributed by atoms with van der Waals surface area (Å²) in [6.07, 6.45) is 1.67. The van der Waals surface area contributed by atoms with Crippen molar-refractivity contribution < 1.29 is 14.6 Å². The first kappa shape index (κ1) is 13.4. The molecule has 0 radical (unpaired) electrons. The maximum absolute atomic E-state index is 10.5. The standard InChI is InChI=1S/C14H12ClNO3/c15-13-6-3-11(8-16-13)9-19-12-4-1-10(2-5-12)7-14(17)18/h1-6,8H,7,9H2,(H,17,18). The van der Waals surface area contributed by atoms with Crippen LogP contribution in [0.3, 0.4) is 0 Å². The normalized spacial score (nSPS) is 10.2. The Bertz CT molecular complexity index is 552. The summed E-state index contributed by atoms with van der Waals surface area (Å²) in [7, 11) is 0. The van der Waals surface area contributed by atoms with Gasteiger partial charge in [-0.2, -0.15) is 0 Å². The van der Waals surface area contributed by atoms with E-state index in [2.05, 4.69) is 4.98 Å². The van der Waals surface area contributed by atoms with Crippen LogP contribution >= 0.6 is 11.6 Å². The van der Waals surface area contributed by atoms with E-state index >= 15 is 0 Å². The minimum absolute atomic E-state index is 0.0153. The van der Waals surface area contributed by atoms with Crippen molar-refractivity contribution in [3.05, 3.63) is 58.9 Å². The lowest BCUT2D eigenvalue weighted by molar-refractivity contribution is -0.136. The molecule has 2 rings (SSSR count). The van der Waals surface area contributed by atoms with E-state index in [4.69, 9.17) is 21.4 Å². The highest BCUT2D eigenvalue weighted by Gasteiger charge is 2.01. The first-order valence-electron chi connectivity index (χ1n) is 5.67. The van der Waals surface area contributed by atoms with Crippen LogP contribution in [0.25, 0.3) is 0 Å². The summed E-state index contributed by atoms with van der Waals surface area (Å²) in [4.78, 5) is 14.5. The molecule has 2 aromatic rings. The Kier molecular flexibility index (Phi) is 4.36. The number of halogens is 1. The van der Waals surface area contributed by atoms with E-state index < -0.39 is 5.97 Å². The number of aliphatic carboxylic acids is 1. The fourth-order valence-electron chi connectivity index (χ4n) is 1.54. The van der Waals surface area contributed by atoms with Gasteiger partial charge in [-0.05, 0) is 23.8 Å². The molecule has 0 bridgehead atoms. The molecule has 0 aliphatic heterocycles. The summed E-state index contributed by atoms with van der Waals surface area (Å²) in [5.41, 5.74) is 1.66. The molecule has 1 heterocycles. The van der Waals surface area contributed by atoms with Gasteiger partial charge in [0.15, 0.2) is 0 Å². The molecule has 0 atom stereocenters. The van der Waals surface area contributed by atoms with Crippen molar-refractivity contribution in [1.29, 1.82) is 0 Å². The Labute approximate surface area is 115 Å². The topological polar surface area (TPSA) is 59.4 Å². The van der Waals surface area contributed by atoms with Crippen LogP contribution in [0.1, 0.15) is 11.1 Å². The van der Waals surface area contributed by atoms with Crippen LogP contribution in [-0.4, -0.2) is 16.1 Å². The Morgan fingerprint density at radius 1 is 1.16 bits per heavy atom. The SMILES string of the molecule is O=C(O)Cc1ccc(OCc2ccc(Cl)nc2)cc1. The molecule has 0 saturated carbocycles. The number of benzene rings is 1. The fourth-order valence-corrected chi connectivity index (χ4v) is 1.65. The van der Waals surface area contributed by atoms with Gasteiger partial charge in [0.05, 0.1) is 6.42 Å². The second-order valence-corrected chi connectivity index (χ2v) is 4.38. The van der Waals surface area contributed by atoms with Crippen LogP contribution in [0, 0.1) is 0 Å². The first-order valence-corrected chi connectivity index (χ1v) is 6.05. The van der Waals surface area contributed by atoms with Gasteiger partial charge in [-0.3, -0.25) is 4.79 Å². The number of hydrogen-bond donors (Lipinski definition) is 1. The lowest BCUT2D eigenvalue weighted by Crippen LogP contribution is -2.00. The van der Waals surface area contributed by atoms with Crippen molar-refractivity contribution in [3.63, 3.8) is 0 Å². The number of carbonyl (C=O) groups is 1. The Morgan fingerprint density at radius 3 is 2.42 bits per heavy atom. The fraction of sp³-hybridized carbons (Fsp3) is 0.143. The van der Waals surface area contributed by atoms with E-state index in [9.17, 15) is 4.79 Å². The summed E-state index contributed by atoms with van der Waals surface area (Å²) in [6.45, 7) is 0.391. The second kappa shape index (κ2) is 6.20. The number of aromatic nitrogens is 1. The van der Waals surface area contributed by atoms with Gasteiger partial charge in [-0.15, -0.1) is 0 Å². The van der Waals surface area contributed by atoms with Crippen molar-refractivity contribution in [2.45, 2.75) is 13.0 Å². The maximum atomic E-state index is 10.5. The molecule has 1 N–H and O–H groups in total. The van der Waals surface area contributed by atoms with Crippen molar-refractivity contribution in [2.24, 2.45) is 0 Å². The molecular formula is C14H12ClNO3. The molecule has 4 nitrogen and oxygen atoms in total. The quantitative estimate of drug-likeness (QED) is 0.854. The highest BCUT2D eigenvalue weighted by Crippen LogP contribution is 2.15. The van der Waals surface area contributed by atoms with Gasteiger partial charge in [-0.1, -0.05) is 29.8 Å². The van der Waals surface area contributed by atoms with E-state index in [0.29, 0.717) is 17.5 Å². The minimum atomic E-state index is -0.846. The first-order chi connectivity index (χ1) is 9.13. The number of pyridine rings is 1. The number of carboxylic acids is 1. The number of nitrogens with zero attached hydrogens (tertiary/aromatic N) is 1. The molecule has 0 aliphatic carbocycles. The lowest BCUT2D eigenvalue weighted by Gasteiger charge is -2.06. The van der Waals surface area contributed by atoms with Crippen LogP contribution in [0.2, 0.25) is 5.15 Å². The van der Waals surface area contributed by atoms with Crippen molar-refractivity contribution in [2.75, 3.05) is 0 Å². The predicted octanol–water partition coefficient (Wildman–Crippen LogP) is 2.94. The largest absolute Gasteiger partial charge is 0.489 e. The summed E-state index contributed by atoms with van der Waals surface area (Å²) in [6, 6.07) is 10.5. The highest BCUT2D eigenvalue weighted by atomic mass is 35.5. The average molecular weight is 278 g/mol. The molecular weight excluding hydrogens is 266 g/mol. The third-order valence-corrected chi connectivity index (χ3v) is 2.70. The average Bonchev–Trinajstić information content (AvgIpc) is 2.39.